The van der Waals surface area contributed by atoms with Crippen LogP contribution in [0.1, 0.15) is 5.69 Å². The summed E-state index contributed by atoms with van der Waals surface area (Å²) in [4.78, 5) is 7.88. The maximum absolute atomic E-state index is 5.46. The van der Waals surface area contributed by atoms with Gasteiger partial charge in [0, 0.05) is 12.4 Å². The smallest absolute Gasteiger partial charge is 0.220 e. The second-order valence-corrected chi connectivity index (χ2v) is 3.68. The summed E-state index contributed by atoms with van der Waals surface area (Å²) >= 11 is 3.32. The largest absolute Gasteiger partial charge is 0.368 e. The summed E-state index contributed by atoms with van der Waals surface area (Å²) in [5.41, 5.74) is 6.30. The normalized spacial score (nSPS) is 10.4. The minimum atomic E-state index is 0.286. The number of nitrogen functional groups attached to an aromatic ring is 1. The van der Waals surface area contributed by atoms with Crippen molar-refractivity contribution < 1.29 is 0 Å². The Morgan fingerprint density at radius 1 is 1.50 bits per heavy atom. The number of anilines is 1. The Kier molecular flexibility index (Phi) is 2.45. The molecular weight excluding hydrogens is 246 g/mol. The maximum Gasteiger partial charge on any atom is 0.220 e. The van der Waals surface area contributed by atoms with Crippen molar-refractivity contribution >= 4 is 21.9 Å². The van der Waals surface area contributed by atoms with Gasteiger partial charge in [0.15, 0.2) is 0 Å². The Hall–Kier alpha value is -1.43. The van der Waals surface area contributed by atoms with Crippen molar-refractivity contribution in [3.8, 4) is 0 Å². The van der Waals surface area contributed by atoms with E-state index in [0.717, 1.165) is 10.2 Å². The molecule has 2 heterocycles. The minimum absolute atomic E-state index is 0.286. The zero-order valence-electron chi connectivity index (χ0n) is 7.26. The van der Waals surface area contributed by atoms with Crippen LogP contribution < -0.4 is 5.73 Å². The first-order valence-corrected chi connectivity index (χ1v) is 4.79. The van der Waals surface area contributed by atoms with E-state index in [9.17, 15) is 0 Å². The second-order valence-electron chi connectivity index (χ2n) is 2.76. The summed E-state index contributed by atoms with van der Waals surface area (Å²) in [6, 6.07) is 1.81. The van der Waals surface area contributed by atoms with E-state index < -0.39 is 0 Å². The van der Waals surface area contributed by atoms with Crippen molar-refractivity contribution in [2.75, 3.05) is 5.73 Å². The van der Waals surface area contributed by atoms with Gasteiger partial charge in [-0.15, -0.1) is 0 Å². The van der Waals surface area contributed by atoms with Crippen molar-refractivity contribution in [2.24, 2.45) is 0 Å². The predicted octanol–water partition coefficient (Wildman–Crippen LogP) is 1.07. The van der Waals surface area contributed by atoms with Crippen LogP contribution in [0.25, 0.3) is 0 Å². The average molecular weight is 254 g/mol. The zero-order chi connectivity index (χ0) is 9.97. The fraction of sp³-hybridized carbons (Fsp3) is 0.125. The van der Waals surface area contributed by atoms with Crippen molar-refractivity contribution in [2.45, 2.75) is 6.54 Å². The van der Waals surface area contributed by atoms with E-state index in [0.29, 0.717) is 6.54 Å². The van der Waals surface area contributed by atoms with E-state index in [1.807, 2.05) is 12.3 Å². The molecule has 0 aliphatic rings. The highest BCUT2D eigenvalue weighted by atomic mass is 79.9. The lowest BCUT2D eigenvalue weighted by Gasteiger charge is -2.00. The molecule has 14 heavy (non-hydrogen) atoms. The molecule has 0 aliphatic heterocycles. The monoisotopic (exact) mass is 253 g/mol. The third-order valence-electron chi connectivity index (χ3n) is 1.66. The molecule has 0 unspecified atom stereocenters. The van der Waals surface area contributed by atoms with Gasteiger partial charge in [0.2, 0.25) is 5.95 Å². The van der Waals surface area contributed by atoms with Crippen LogP contribution in [0.4, 0.5) is 5.95 Å². The number of rotatable bonds is 2. The highest BCUT2D eigenvalue weighted by Gasteiger charge is 1.99. The van der Waals surface area contributed by atoms with Crippen molar-refractivity contribution in [1.29, 1.82) is 0 Å². The fourth-order valence-electron chi connectivity index (χ4n) is 1.09. The summed E-state index contributed by atoms with van der Waals surface area (Å²) in [6.45, 7) is 0.596. The van der Waals surface area contributed by atoms with Gasteiger partial charge in [-0.3, -0.25) is 4.68 Å². The quantitative estimate of drug-likeness (QED) is 0.870. The number of aromatic nitrogens is 4. The van der Waals surface area contributed by atoms with Crippen LogP contribution >= 0.6 is 15.9 Å². The van der Waals surface area contributed by atoms with Gasteiger partial charge in [-0.05, 0) is 22.0 Å². The maximum atomic E-state index is 5.46. The van der Waals surface area contributed by atoms with E-state index >= 15 is 0 Å². The molecule has 0 saturated carbocycles. The van der Waals surface area contributed by atoms with Gasteiger partial charge in [-0.1, -0.05) is 0 Å². The van der Waals surface area contributed by atoms with E-state index in [-0.39, 0.29) is 5.95 Å². The Labute approximate surface area is 89.1 Å². The van der Waals surface area contributed by atoms with Gasteiger partial charge >= 0.3 is 0 Å². The number of nitrogens with two attached hydrogens (primary N) is 1. The van der Waals surface area contributed by atoms with Crippen molar-refractivity contribution in [3.05, 3.63) is 34.8 Å². The number of hydrogen-bond acceptors (Lipinski definition) is 4. The summed E-state index contributed by atoms with van der Waals surface area (Å²) in [5.74, 6) is 0.286. The molecule has 72 valence electrons. The third-order valence-corrected chi connectivity index (χ3v) is 2.07. The Bertz CT molecular complexity index is 439. The second kappa shape index (κ2) is 3.75. The Morgan fingerprint density at radius 3 is 3.00 bits per heavy atom. The highest BCUT2D eigenvalue weighted by molar-refractivity contribution is 9.10. The predicted molar refractivity (Wildman–Crippen MR) is 55.5 cm³/mol. The molecule has 2 rings (SSSR count). The van der Waals surface area contributed by atoms with Crippen LogP contribution in [0.2, 0.25) is 0 Å². The molecule has 0 radical (unpaired) electrons. The molecule has 0 fully saturated rings. The lowest BCUT2D eigenvalue weighted by Crippen LogP contribution is -2.04. The number of hydrogen-bond donors (Lipinski definition) is 1. The highest BCUT2D eigenvalue weighted by Crippen LogP contribution is 2.07. The van der Waals surface area contributed by atoms with Crippen LogP contribution in [0.15, 0.2) is 29.1 Å². The summed E-state index contributed by atoms with van der Waals surface area (Å²) < 4.78 is 2.71. The van der Waals surface area contributed by atoms with Gasteiger partial charge < -0.3 is 5.73 Å². The van der Waals surface area contributed by atoms with Gasteiger partial charge in [0.05, 0.1) is 22.9 Å². The molecule has 6 heteroatoms. The van der Waals surface area contributed by atoms with Gasteiger partial charge in [-0.2, -0.15) is 5.10 Å². The van der Waals surface area contributed by atoms with Gasteiger partial charge in [0.1, 0.15) is 0 Å². The van der Waals surface area contributed by atoms with Crippen molar-refractivity contribution in [1.82, 2.24) is 19.7 Å². The standard InChI is InChI=1S/C8H8BrN5/c9-6-3-12-14(4-6)5-7-1-2-11-8(10)13-7/h1-4H,5H2,(H2,10,11,13). The van der Waals surface area contributed by atoms with Gasteiger partial charge in [-0.25, -0.2) is 9.97 Å². The molecule has 0 aromatic carbocycles. The average Bonchev–Trinajstić information content (AvgIpc) is 2.51. The van der Waals surface area contributed by atoms with Crippen LogP contribution in [-0.2, 0) is 6.54 Å². The fourth-order valence-corrected chi connectivity index (χ4v) is 1.42. The first kappa shape index (κ1) is 9.14. The third kappa shape index (κ3) is 2.08. The first-order chi connectivity index (χ1) is 6.74. The number of halogens is 1. The van der Waals surface area contributed by atoms with Crippen LogP contribution in [0.3, 0.4) is 0 Å². The molecule has 0 spiro atoms. The molecule has 0 saturated heterocycles. The SMILES string of the molecule is Nc1nccc(Cn2cc(Br)cn2)n1. The van der Waals surface area contributed by atoms with Crippen molar-refractivity contribution in [3.63, 3.8) is 0 Å². The van der Waals surface area contributed by atoms with Crippen LogP contribution in [0, 0.1) is 0 Å². The van der Waals surface area contributed by atoms with E-state index in [1.54, 1.807) is 17.1 Å². The molecule has 5 nitrogen and oxygen atoms in total. The zero-order valence-corrected chi connectivity index (χ0v) is 8.85. The van der Waals surface area contributed by atoms with E-state index in [4.69, 9.17) is 5.73 Å². The Morgan fingerprint density at radius 2 is 2.36 bits per heavy atom. The first-order valence-electron chi connectivity index (χ1n) is 3.99. The minimum Gasteiger partial charge on any atom is -0.368 e. The molecule has 2 aromatic heterocycles. The van der Waals surface area contributed by atoms with Crippen LogP contribution in [-0.4, -0.2) is 19.7 Å². The lowest BCUT2D eigenvalue weighted by molar-refractivity contribution is 0.671. The summed E-state index contributed by atoms with van der Waals surface area (Å²) in [6.07, 6.45) is 5.24. The van der Waals surface area contributed by atoms with E-state index in [2.05, 4.69) is 31.0 Å². The lowest BCUT2D eigenvalue weighted by atomic mass is 10.4. The molecule has 0 amide bonds. The van der Waals surface area contributed by atoms with Gasteiger partial charge in [0.25, 0.3) is 0 Å². The molecule has 0 atom stereocenters. The van der Waals surface area contributed by atoms with E-state index in [1.165, 1.54) is 0 Å². The molecular formula is C8H8BrN5. The number of nitrogens with zero attached hydrogens (tertiary/aromatic N) is 4. The molecule has 2 N–H and O–H groups in total. The Balaban J connectivity index is 2.18. The summed E-state index contributed by atoms with van der Waals surface area (Å²) in [7, 11) is 0. The molecule has 0 aliphatic carbocycles. The van der Waals surface area contributed by atoms with Crippen LogP contribution in [0.5, 0.6) is 0 Å². The topological polar surface area (TPSA) is 69.6 Å². The summed E-state index contributed by atoms with van der Waals surface area (Å²) in [5, 5.41) is 4.11. The molecule has 2 aromatic rings. The molecule has 0 bridgehead atoms.